The van der Waals surface area contributed by atoms with E-state index in [0.717, 1.165) is 38.9 Å². The third kappa shape index (κ3) is 9.11. The minimum absolute atomic E-state index is 0.504. The molecule has 4 aromatic rings. The number of hydrogen-bond donors (Lipinski definition) is 5. The summed E-state index contributed by atoms with van der Waals surface area (Å²) in [6.07, 6.45) is -2.01. The van der Waals surface area contributed by atoms with Crippen LogP contribution < -0.4 is 17.2 Å². The van der Waals surface area contributed by atoms with Crippen molar-refractivity contribution >= 4 is 0 Å². The molecule has 6 heteroatoms. The highest BCUT2D eigenvalue weighted by molar-refractivity contribution is 5.81. The van der Waals surface area contributed by atoms with E-state index in [1.54, 1.807) is 0 Å². The van der Waals surface area contributed by atoms with E-state index in [-0.39, 0.29) is 0 Å². The molecule has 0 saturated carbocycles. The van der Waals surface area contributed by atoms with E-state index in [1.807, 2.05) is 76.2 Å². The van der Waals surface area contributed by atoms with Crippen molar-refractivity contribution < 1.29 is 14.9 Å². The van der Waals surface area contributed by atoms with E-state index in [2.05, 4.69) is 42.5 Å². The van der Waals surface area contributed by atoms with Crippen LogP contribution in [-0.4, -0.2) is 23.4 Å². The number of ether oxygens (including phenoxy) is 1. The molecule has 0 bridgehead atoms. The Morgan fingerprint density at radius 3 is 1.21 bits per heavy atom. The number of aliphatic hydroxyl groups is 2. The molecular formula is C33H43N3O3. The van der Waals surface area contributed by atoms with Gasteiger partial charge in [0.25, 0.3) is 0 Å². The summed E-state index contributed by atoms with van der Waals surface area (Å²) in [7, 11) is 0. The summed E-state index contributed by atoms with van der Waals surface area (Å²) < 4.78 is 5.54. The first-order chi connectivity index (χ1) is 18.9. The molecule has 4 rings (SSSR count). The van der Waals surface area contributed by atoms with Crippen LogP contribution >= 0.6 is 0 Å². The van der Waals surface area contributed by atoms with E-state index >= 15 is 0 Å². The van der Waals surface area contributed by atoms with Crippen LogP contribution in [0.5, 0.6) is 0 Å². The fourth-order valence-corrected chi connectivity index (χ4v) is 3.94. The zero-order chi connectivity index (χ0) is 28.8. The lowest BCUT2D eigenvalue weighted by atomic mass is 9.92. The van der Waals surface area contributed by atoms with Gasteiger partial charge in [0.15, 0.2) is 0 Å². The summed E-state index contributed by atoms with van der Waals surface area (Å²) in [4.78, 5) is 0. The van der Waals surface area contributed by atoms with Crippen LogP contribution in [0.1, 0.15) is 56.8 Å². The molecule has 0 spiro atoms. The van der Waals surface area contributed by atoms with Gasteiger partial charge in [-0.25, -0.2) is 0 Å². The molecule has 0 aliphatic carbocycles. The molecule has 0 saturated heterocycles. The van der Waals surface area contributed by atoms with Gasteiger partial charge in [0.05, 0.1) is 13.2 Å². The molecule has 4 aromatic carbocycles. The normalized spacial score (nSPS) is 11.9. The van der Waals surface area contributed by atoms with Crippen LogP contribution in [0.25, 0.3) is 33.4 Å². The molecule has 2 unspecified atom stereocenters. The Morgan fingerprint density at radius 2 is 0.897 bits per heavy atom. The summed E-state index contributed by atoms with van der Waals surface area (Å²) in [6, 6.07) is 29.9. The second-order valence-corrected chi connectivity index (χ2v) is 8.47. The lowest BCUT2D eigenvalue weighted by molar-refractivity contribution is 0.128. The van der Waals surface area contributed by atoms with Crippen LogP contribution in [0.3, 0.4) is 0 Å². The lowest BCUT2D eigenvalue weighted by Gasteiger charge is -2.13. The van der Waals surface area contributed by atoms with Gasteiger partial charge in [-0.05, 0) is 68.3 Å². The largest absolute Gasteiger partial charge is 0.375 e. The van der Waals surface area contributed by atoms with Crippen molar-refractivity contribution in [1.82, 2.24) is 0 Å². The molecule has 0 radical (unpaired) electrons. The van der Waals surface area contributed by atoms with E-state index in [0.29, 0.717) is 30.9 Å². The van der Waals surface area contributed by atoms with Crippen molar-refractivity contribution in [3.05, 3.63) is 108 Å². The minimum Gasteiger partial charge on any atom is -0.375 e. The highest BCUT2D eigenvalue weighted by atomic mass is 16.5. The van der Waals surface area contributed by atoms with Crippen molar-refractivity contribution in [3.8, 4) is 33.4 Å². The number of rotatable bonds is 9. The number of aliphatic hydroxyl groups excluding tert-OH is 2. The third-order valence-electron chi connectivity index (χ3n) is 5.92. The summed E-state index contributed by atoms with van der Waals surface area (Å²) in [6.45, 7) is 9.57. The molecule has 8 N–H and O–H groups in total. The SMILES string of the molecule is CC.CC.NCCOCc1ccc(-c2cc(-c3ccc(C(N)O)cc3)cc(-c3ccc(C(N)O)cc3)c2)cc1. The molecule has 2 atom stereocenters. The molecule has 208 valence electrons. The van der Waals surface area contributed by atoms with E-state index in [9.17, 15) is 10.2 Å². The lowest BCUT2D eigenvalue weighted by Crippen LogP contribution is -2.08. The van der Waals surface area contributed by atoms with E-state index in [4.69, 9.17) is 21.9 Å². The highest BCUT2D eigenvalue weighted by Gasteiger charge is 2.10. The summed E-state index contributed by atoms with van der Waals surface area (Å²) >= 11 is 0. The first-order valence-electron chi connectivity index (χ1n) is 13.5. The summed E-state index contributed by atoms with van der Waals surface area (Å²) in [5.74, 6) is 0. The molecule has 6 nitrogen and oxygen atoms in total. The zero-order valence-corrected chi connectivity index (χ0v) is 23.5. The molecule has 0 amide bonds. The predicted octanol–water partition coefficient (Wildman–Crippen LogP) is 6.11. The average molecular weight is 530 g/mol. The van der Waals surface area contributed by atoms with Crippen LogP contribution in [0.2, 0.25) is 0 Å². The third-order valence-corrected chi connectivity index (χ3v) is 5.92. The van der Waals surface area contributed by atoms with Crippen molar-refractivity contribution in [1.29, 1.82) is 0 Å². The molecule has 0 fully saturated rings. The molecule has 0 aromatic heterocycles. The Balaban J connectivity index is 0.00000127. The Hall–Kier alpha value is -3.36. The van der Waals surface area contributed by atoms with Gasteiger partial charge in [-0.15, -0.1) is 0 Å². The number of hydrogen-bond acceptors (Lipinski definition) is 6. The van der Waals surface area contributed by atoms with Gasteiger partial charge < -0.3 is 32.2 Å². The van der Waals surface area contributed by atoms with E-state index < -0.39 is 12.5 Å². The van der Waals surface area contributed by atoms with Crippen molar-refractivity contribution in [3.63, 3.8) is 0 Å². The van der Waals surface area contributed by atoms with Gasteiger partial charge in [-0.3, -0.25) is 0 Å². The van der Waals surface area contributed by atoms with Crippen molar-refractivity contribution in [2.24, 2.45) is 17.2 Å². The van der Waals surface area contributed by atoms with Crippen LogP contribution in [-0.2, 0) is 11.3 Å². The second kappa shape index (κ2) is 16.6. The standard InChI is InChI=1S/C29H31N3O3.2C2H6/c30-13-14-35-18-19-1-3-20(4-2-19)25-15-26(21-5-9-23(10-6-21)28(31)33)17-27(16-25)22-7-11-24(12-8-22)29(32)34;2*1-2/h1-12,15-17,28-29,33-34H,13-14,18,30-32H2;2*1-2H3. The second-order valence-electron chi connectivity index (χ2n) is 8.47. The average Bonchev–Trinajstić information content (AvgIpc) is 2.99. The quantitative estimate of drug-likeness (QED) is 0.131. The predicted molar refractivity (Wildman–Crippen MR) is 162 cm³/mol. The Bertz CT molecular complexity index is 1170. The maximum absolute atomic E-state index is 9.66. The van der Waals surface area contributed by atoms with Gasteiger partial charge >= 0.3 is 0 Å². The van der Waals surface area contributed by atoms with Crippen molar-refractivity contribution in [2.45, 2.75) is 46.8 Å². The first-order valence-corrected chi connectivity index (χ1v) is 13.5. The van der Waals surface area contributed by atoms with Crippen LogP contribution in [0.15, 0.2) is 91.0 Å². The number of benzene rings is 4. The van der Waals surface area contributed by atoms with Gasteiger partial charge in [0.2, 0.25) is 0 Å². The maximum atomic E-state index is 9.66. The minimum atomic E-state index is -1.00. The Labute approximate surface area is 233 Å². The van der Waals surface area contributed by atoms with Crippen molar-refractivity contribution in [2.75, 3.05) is 13.2 Å². The molecule has 0 aliphatic heterocycles. The molecule has 0 heterocycles. The zero-order valence-electron chi connectivity index (χ0n) is 23.5. The van der Waals surface area contributed by atoms with E-state index in [1.165, 1.54) is 0 Å². The maximum Gasteiger partial charge on any atom is 0.128 e. The van der Waals surface area contributed by atoms with Crippen LogP contribution in [0.4, 0.5) is 0 Å². The topological polar surface area (TPSA) is 128 Å². The molecule has 39 heavy (non-hydrogen) atoms. The monoisotopic (exact) mass is 529 g/mol. The number of nitrogens with two attached hydrogens (primary N) is 3. The first kappa shape index (κ1) is 31.9. The van der Waals surface area contributed by atoms with Gasteiger partial charge in [-0.1, -0.05) is 100 Å². The highest BCUT2D eigenvalue weighted by Crippen LogP contribution is 2.33. The fraction of sp³-hybridized carbons (Fsp3) is 0.273. The fourth-order valence-electron chi connectivity index (χ4n) is 3.94. The van der Waals surface area contributed by atoms with Crippen LogP contribution in [0, 0.1) is 0 Å². The summed E-state index contributed by atoms with van der Waals surface area (Å²) in [5, 5.41) is 19.3. The van der Waals surface area contributed by atoms with Gasteiger partial charge in [0, 0.05) is 6.54 Å². The van der Waals surface area contributed by atoms with Gasteiger partial charge in [-0.2, -0.15) is 0 Å². The Kier molecular flexibility index (Phi) is 13.5. The van der Waals surface area contributed by atoms with Gasteiger partial charge in [0.1, 0.15) is 12.5 Å². The molecular weight excluding hydrogens is 486 g/mol. The Morgan fingerprint density at radius 1 is 0.564 bits per heavy atom. The smallest absolute Gasteiger partial charge is 0.128 e. The summed E-state index contributed by atoms with van der Waals surface area (Å²) in [5.41, 5.74) is 25.4. The molecule has 0 aliphatic rings.